The van der Waals surface area contributed by atoms with E-state index in [4.69, 9.17) is 0 Å². The molecule has 0 aliphatic carbocycles. The Hall–Kier alpha value is -0.240. The van der Waals surface area contributed by atoms with Crippen molar-refractivity contribution in [2.45, 2.75) is 19.6 Å². The SMILES string of the molecule is CC(C)CSCc1nc(O)c(I)c(=O)[nH]1. The molecule has 4 nitrogen and oxygen atoms in total. The number of nitrogens with one attached hydrogen (secondary N) is 1. The average Bonchev–Trinajstić information content (AvgIpc) is 2.13. The minimum absolute atomic E-state index is 0.181. The van der Waals surface area contributed by atoms with E-state index in [1.807, 2.05) is 0 Å². The smallest absolute Gasteiger partial charge is 0.268 e. The van der Waals surface area contributed by atoms with Crippen molar-refractivity contribution in [3.05, 3.63) is 19.7 Å². The number of H-pyrrole nitrogens is 1. The standard InChI is InChI=1S/C9H13IN2O2S/c1-5(2)3-15-4-6-11-8(13)7(10)9(14)12-6/h5H,3-4H2,1-2H3,(H2,11,12,13,14). The van der Waals surface area contributed by atoms with Crippen LogP contribution < -0.4 is 5.56 Å². The number of hydrogen-bond donors (Lipinski definition) is 2. The van der Waals surface area contributed by atoms with Gasteiger partial charge in [0.1, 0.15) is 9.39 Å². The fraction of sp³-hybridized carbons (Fsp3) is 0.556. The zero-order valence-corrected chi connectivity index (χ0v) is 11.6. The number of thioether (sulfide) groups is 1. The first kappa shape index (κ1) is 12.8. The van der Waals surface area contributed by atoms with E-state index in [1.165, 1.54) is 0 Å². The maximum atomic E-state index is 11.3. The number of halogens is 1. The van der Waals surface area contributed by atoms with E-state index in [0.29, 0.717) is 17.5 Å². The summed E-state index contributed by atoms with van der Waals surface area (Å²) in [6.45, 7) is 4.27. The van der Waals surface area contributed by atoms with Crippen LogP contribution in [-0.4, -0.2) is 20.8 Å². The summed E-state index contributed by atoms with van der Waals surface area (Å²) in [5, 5.41) is 9.34. The van der Waals surface area contributed by atoms with Crippen LogP contribution in [0.1, 0.15) is 19.7 Å². The van der Waals surface area contributed by atoms with Crippen molar-refractivity contribution in [3.8, 4) is 5.88 Å². The van der Waals surface area contributed by atoms with Gasteiger partial charge in [0.25, 0.3) is 5.56 Å². The summed E-state index contributed by atoms with van der Waals surface area (Å²) in [5.74, 6) is 2.59. The van der Waals surface area contributed by atoms with Crippen LogP contribution in [0.15, 0.2) is 4.79 Å². The molecule has 0 fully saturated rings. The highest BCUT2D eigenvalue weighted by Gasteiger charge is 2.07. The highest BCUT2D eigenvalue weighted by molar-refractivity contribution is 14.1. The third-order valence-electron chi connectivity index (χ3n) is 1.58. The van der Waals surface area contributed by atoms with Gasteiger partial charge >= 0.3 is 0 Å². The predicted molar refractivity (Wildman–Crippen MR) is 70.2 cm³/mol. The number of aromatic hydroxyl groups is 1. The highest BCUT2D eigenvalue weighted by atomic mass is 127. The zero-order valence-electron chi connectivity index (χ0n) is 8.58. The third-order valence-corrected chi connectivity index (χ3v) is 3.94. The molecule has 0 aliphatic heterocycles. The largest absolute Gasteiger partial charge is 0.492 e. The molecule has 0 saturated carbocycles. The zero-order chi connectivity index (χ0) is 11.4. The molecule has 0 amide bonds. The van der Waals surface area contributed by atoms with Crippen LogP contribution in [0, 0.1) is 9.49 Å². The molecule has 0 radical (unpaired) electrons. The molecule has 6 heteroatoms. The van der Waals surface area contributed by atoms with E-state index in [9.17, 15) is 9.90 Å². The molecule has 0 unspecified atom stereocenters. The van der Waals surface area contributed by atoms with Crippen molar-refractivity contribution < 1.29 is 5.11 Å². The van der Waals surface area contributed by atoms with Gasteiger partial charge in [-0.3, -0.25) is 4.79 Å². The predicted octanol–water partition coefficient (Wildman–Crippen LogP) is 1.97. The third kappa shape index (κ3) is 4.02. The van der Waals surface area contributed by atoms with Gasteiger partial charge in [0, 0.05) is 0 Å². The normalized spacial score (nSPS) is 10.9. The van der Waals surface area contributed by atoms with Gasteiger partial charge in [-0.15, -0.1) is 0 Å². The van der Waals surface area contributed by atoms with Gasteiger partial charge in [-0.05, 0) is 34.3 Å². The Bertz CT molecular complexity index is 392. The molecule has 1 heterocycles. The number of aromatic amines is 1. The number of rotatable bonds is 4. The summed E-state index contributed by atoms with van der Waals surface area (Å²) in [6.07, 6.45) is 0. The molecule has 1 rings (SSSR count). The van der Waals surface area contributed by atoms with Gasteiger partial charge in [0.2, 0.25) is 5.88 Å². The molecule has 0 aromatic carbocycles. The fourth-order valence-electron chi connectivity index (χ4n) is 0.952. The Labute approximate surface area is 106 Å². The lowest BCUT2D eigenvalue weighted by molar-refractivity contribution is 0.444. The van der Waals surface area contributed by atoms with Crippen LogP contribution in [0.5, 0.6) is 5.88 Å². The van der Waals surface area contributed by atoms with Gasteiger partial charge in [-0.2, -0.15) is 16.7 Å². The molecule has 0 spiro atoms. The lowest BCUT2D eigenvalue weighted by atomic mass is 10.3. The van der Waals surface area contributed by atoms with E-state index < -0.39 is 0 Å². The van der Waals surface area contributed by atoms with E-state index >= 15 is 0 Å². The first-order valence-corrected chi connectivity index (χ1v) is 6.79. The van der Waals surface area contributed by atoms with Crippen LogP contribution in [0.2, 0.25) is 0 Å². The Balaban J connectivity index is 2.67. The molecule has 0 bridgehead atoms. The van der Waals surface area contributed by atoms with Crippen LogP contribution in [0.3, 0.4) is 0 Å². The average molecular weight is 340 g/mol. The van der Waals surface area contributed by atoms with Crippen LogP contribution >= 0.6 is 34.4 Å². The summed E-state index contributed by atoms with van der Waals surface area (Å²) in [4.78, 5) is 17.8. The number of nitrogens with zero attached hydrogens (tertiary/aromatic N) is 1. The highest BCUT2D eigenvalue weighted by Crippen LogP contribution is 2.15. The molecule has 2 N–H and O–H groups in total. The second kappa shape index (κ2) is 5.74. The van der Waals surface area contributed by atoms with E-state index in [0.717, 1.165) is 5.75 Å². The molecule has 15 heavy (non-hydrogen) atoms. The van der Waals surface area contributed by atoms with E-state index in [-0.39, 0.29) is 15.0 Å². The fourth-order valence-corrected chi connectivity index (χ4v) is 2.13. The summed E-state index contributed by atoms with van der Waals surface area (Å²) < 4.78 is 0.241. The van der Waals surface area contributed by atoms with E-state index in [2.05, 4.69) is 23.8 Å². The molecule has 0 aliphatic rings. The maximum absolute atomic E-state index is 11.3. The van der Waals surface area contributed by atoms with Crippen molar-refractivity contribution in [1.82, 2.24) is 9.97 Å². The minimum atomic E-state index is -0.275. The first-order chi connectivity index (χ1) is 7.00. The lowest BCUT2D eigenvalue weighted by Crippen LogP contribution is -2.14. The van der Waals surface area contributed by atoms with Crippen LogP contribution in [-0.2, 0) is 5.75 Å². The molecular formula is C9H13IN2O2S. The Kier molecular flexibility index (Phi) is 4.91. The minimum Gasteiger partial charge on any atom is -0.492 e. The van der Waals surface area contributed by atoms with Crippen molar-refractivity contribution in [2.75, 3.05) is 5.75 Å². The second-order valence-corrected chi connectivity index (χ2v) is 5.67. The van der Waals surface area contributed by atoms with Crippen molar-refractivity contribution in [1.29, 1.82) is 0 Å². The van der Waals surface area contributed by atoms with E-state index in [1.54, 1.807) is 34.4 Å². The topological polar surface area (TPSA) is 66.0 Å². The molecule has 84 valence electrons. The molecule has 0 atom stereocenters. The molecule has 0 saturated heterocycles. The molecular weight excluding hydrogens is 327 g/mol. The van der Waals surface area contributed by atoms with Crippen LogP contribution in [0.25, 0.3) is 0 Å². The van der Waals surface area contributed by atoms with Crippen molar-refractivity contribution in [3.63, 3.8) is 0 Å². The first-order valence-electron chi connectivity index (χ1n) is 4.56. The van der Waals surface area contributed by atoms with Gasteiger partial charge in [0.15, 0.2) is 0 Å². The number of hydrogen-bond acceptors (Lipinski definition) is 4. The van der Waals surface area contributed by atoms with Gasteiger partial charge in [-0.1, -0.05) is 13.8 Å². The lowest BCUT2D eigenvalue weighted by Gasteiger charge is -2.04. The van der Waals surface area contributed by atoms with Crippen molar-refractivity contribution >= 4 is 34.4 Å². The Morgan fingerprint density at radius 1 is 1.60 bits per heavy atom. The Morgan fingerprint density at radius 3 is 2.80 bits per heavy atom. The summed E-state index contributed by atoms with van der Waals surface area (Å²) in [7, 11) is 0. The number of aromatic nitrogens is 2. The maximum Gasteiger partial charge on any atom is 0.268 e. The molecule has 1 aromatic heterocycles. The van der Waals surface area contributed by atoms with Gasteiger partial charge in [0.05, 0.1) is 5.75 Å². The summed E-state index contributed by atoms with van der Waals surface area (Å²) >= 11 is 3.46. The monoisotopic (exact) mass is 340 g/mol. The molecule has 1 aromatic rings. The van der Waals surface area contributed by atoms with Crippen LogP contribution in [0.4, 0.5) is 0 Å². The van der Waals surface area contributed by atoms with Crippen molar-refractivity contribution in [2.24, 2.45) is 5.92 Å². The quantitative estimate of drug-likeness (QED) is 0.823. The van der Waals surface area contributed by atoms with Gasteiger partial charge in [-0.25, -0.2) is 0 Å². The Morgan fingerprint density at radius 2 is 2.27 bits per heavy atom. The summed E-state index contributed by atoms with van der Waals surface area (Å²) in [5.41, 5.74) is -0.275. The second-order valence-electron chi connectivity index (χ2n) is 3.56. The summed E-state index contributed by atoms with van der Waals surface area (Å²) in [6, 6.07) is 0. The van der Waals surface area contributed by atoms with Gasteiger partial charge < -0.3 is 10.1 Å².